The Morgan fingerprint density at radius 1 is 1.03 bits per heavy atom. The number of aromatic amines is 1. The van der Waals surface area contributed by atoms with Gasteiger partial charge in [-0.15, -0.1) is 0 Å². The number of nitrogens with zero attached hydrogens (tertiary/aromatic N) is 2. The predicted octanol–water partition coefficient (Wildman–Crippen LogP) is 6.65. The van der Waals surface area contributed by atoms with Crippen molar-refractivity contribution in [2.24, 2.45) is 0 Å². The molecule has 0 spiro atoms. The number of aryl methyl sites for hydroxylation is 1. The first-order valence-electron chi connectivity index (χ1n) is 12.5. The van der Waals surface area contributed by atoms with Crippen molar-refractivity contribution in [3.05, 3.63) is 41.1 Å². The van der Waals surface area contributed by atoms with Crippen molar-refractivity contribution < 1.29 is 4.74 Å². The summed E-state index contributed by atoms with van der Waals surface area (Å²) in [7, 11) is 0. The van der Waals surface area contributed by atoms with E-state index in [1.807, 2.05) is 13.8 Å². The SMILES string of the molecule is CC.CCC.Cc1ccc(-c2n[nH]c(C3CCC(NSN4CCOCC4)CC3)c2C)cc1. The summed E-state index contributed by atoms with van der Waals surface area (Å²) in [6.07, 6.45) is 6.14. The number of nitrogens with one attached hydrogen (secondary N) is 2. The van der Waals surface area contributed by atoms with Crippen LogP contribution in [0, 0.1) is 13.8 Å². The third-order valence-corrected chi connectivity index (χ3v) is 6.89. The highest BCUT2D eigenvalue weighted by atomic mass is 32.2. The van der Waals surface area contributed by atoms with Crippen molar-refractivity contribution in [2.45, 2.75) is 85.6 Å². The highest BCUT2D eigenvalue weighted by molar-refractivity contribution is 7.95. The van der Waals surface area contributed by atoms with E-state index < -0.39 is 0 Å². The standard InChI is InChI=1S/C21H30N4OS.C3H8.C2H6/c1-15-3-5-17(6-4-15)20-16(2)21(23-22-20)18-7-9-19(10-8-18)24-27-25-11-13-26-14-12-25;1-3-2;1-2/h3-6,18-19,24H,7-14H2,1-2H3,(H,22,23);3H2,1-2H3;1-2H3. The fourth-order valence-electron chi connectivity index (χ4n) is 4.09. The van der Waals surface area contributed by atoms with Crippen LogP contribution in [0.25, 0.3) is 11.3 Å². The van der Waals surface area contributed by atoms with Crippen molar-refractivity contribution in [2.75, 3.05) is 26.3 Å². The van der Waals surface area contributed by atoms with Gasteiger partial charge in [0.1, 0.15) is 0 Å². The number of benzene rings is 1. The van der Waals surface area contributed by atoms with Gasteiger partial charge in [0.2, 0.25) is 0 Å². The fourth-order valence-corrected chi connectivity index (χ4v) is 4.95. The van der Waals surface area contributed by atoms with Crippen LogP contribution in [0.4, 0.5) is 0 Å². The Morgan fingerprint density at radius 3 is 2.22 bits per heavy atom. The summed E-state index contributed by atoms with van der Waals surface area (Å²) in [5.41, 5.74) is 6.25. The monoisotopic (exact) mass is 460 g/mol. The van der Waals surface area contributed by atoms with Crippen LogP contribution in [0.15, 0.2) is 24.3 Å². The molecule has 1 aliphatic heterocycles. The number of morpholine rings is 1. The third-order valence-electron chi connectivity index (χ3n) is 5.83. The molecule has 0 radical (unpaired) electrons. The Hall–Kier alpha value is -1.34. The van der Waals surface area contributed by atoms with Gasteiger partial charge >= 0.3 is 0 Å². The molecule has 0 atom stereocenters. The van der Waals surface area contributed by atoms with Crippen molar-refractivity contribution in [1.29, 1.82) is 0 Å². The maximum atomic E-state index is 5.41. The first-order valence-corrected chi connectivity index (χ1v) is 13.3. The Labute approximate surface area is 200 Å². The predicted molar refractivity (Wildman–Crippen MR) is 139 cm³/mol. The quantitative estimate of drug-likeness (QED) is 0.489. The van der Waals surface area contributed by atoms with Crippen molar-refractivity contribution in [1.82, 2.24) is 19.2 Å². The lowest BCUT2D eigenvalue weighted by atomic mass is 9.83. The van der Waals surface area contributed by atoms with Crippen LogP contribution in [0.5, 0.6) is 0 Å². The smallest absolute Gasteiger partial charge is 0.0952 e. The van der Waals surface area contributed by atoms with Gasteiger partial charge in [-0.25, -0.2) is 9.03 Å². The molecule has 180 valence electrons. The second kappa shape index (κ2) is 14.7. The lowest BCUT2D eigenvalue weighted by molar-refractivity contribution is 0.0768. The van der Waals surface area contributed by atoms with Gasteiger partial charge in [-0.3, -0.25) is 5.10 Å². The van der Waals surface area contributed by atoms with Gasteiger partial charge in [-0.2, -0.15) is 5.10 Å². The van der Waals surface area contributed by atoms with Crippen molar-refractivity contribution >= 4 is 12.1 Å². The van der Waals surface area contributed by atoms with Crippen LogP contribution >= 0.6 is 12.1 Å². The van der Waals surface area contributed by atoms with E-state index in [9.17, 15) is 0 Å². The van der Waals surface area contributed by atoms with Crippen LogP contribution in [-0.4, -0.2) is 46.8 Å². The van der Waals surface area contributed by atoms with Crippen molar-refractivity contribution in [3.63, 3.8) is 0 Å². The molecule has 0 amide bonds. The van der Waals surface area contributed by atoms with Crippen LogP contribution in [0.3, 0.4) is 0 Å². The van der Waals surface area contributed by atoms with Gasteiger partial charge < -0.3 is 4.74 Å². The average Bonchev–Trinajstić information content (AvgIpc) is 3.22. The third kappa shape index (κ3) is 7.91. The zero-order valence-electron chi connectivity index (χ0n) is 21.0. The van der Waals surface area contributed by atoms with Gasteiger partial charge in [-0.05, 0) is 45.1 Å². The Bertz CT molecular complexity index is 748. The lowest BCUT2D eigenvalue weighted by Gasteiger charge is -2.31. The van der Waals surface area contributed by atoms with E-state index in [1.165, 1.54) is 54.5 Å². The van der Waals surface area contributed by atoms with Gasteiger partial charge in [0, 0.05) is 48.4 Å². The normalized spacial score (nSPS) is 21.2. The largest absolute Gasteiger partial charge is 0.379 e. The molecular weight excluding hydrogens is 416 g/mol. The lowest BCUT2D eigenvalue weighted by Crippen LogP contribution is -2.37. The summed E-state index contributed by atoms with van der Waals surface area (Å²) < 4.78 is 11.5. The maximum Gasteiger partial charge on any atom is 0.0952 e. The number of hydrogen-bond donors (Lipinski definition) is 2. The molecule has 4 rings (SSSR count). The summed E-state index contributed by atoms with van der Waals surface area (Å²) in [4.78, 5) is 0. The van der Waals surface area contributed by atoms with Crippen LogP contribution in [-0.2, 0) is 4.74 Å². The molecule has 1 aromatic carbocycles. The minimum Gasteiger partial charge on any atom is -0.379 e. The second-order valence-corrected chi connectivity index (χ2v) is 9.42. The molecule has 2 heterocycles. The zero-order valence-corrected chi connectivity index (χ0v) is 21.9. The molecule has 1 aromatic heterocycles. The highest BCUT2D eigenvalue weighted by Gasteiger charge is 2.26. The van der Waals surface area contributed by atoms with Crippen LogP contribution in [0.1, 0.15) is 82.5 Å². The van der Waals surface area contributed by atoms with E-state index in [2.05, 4.69) is 71.2 Å². The Morgan fingerprint density at radius 2 is 1.62 bits per heavy atom. The first-order chi connectivity index (χ1) is 15.6. The topological polar surface area (TPSA) is 53.2 Å². The Balaban J connectivity index is 0.000000671. The second-order valence-electron chi connectivity index (χ2n) is 8.48. The summed E-state index contributed by atoms with van der Waals surface area (Å²) in [5.74, 6) is 0.600. The van der Waals surface area contributed by atoms with Crippen LogP contribution in [0.2, 0.25) is 0 Å². The number of hydrogen-bond acceptors (Lipinski definition) is 5. The molecule has 1 saturated heterocycles. The molecule has 2 N–H and O–H groups in total. The van der Waals surface area contributed by atoms with Gasteiger partial charge in [0.15, 0.2) is 0 Å². The molecular formula is C26H44N4OS. The minimum atomic E-state index is 0.600. The number of aromatic nitrogens is 2. The molecule has 0 bridgehead atoms. The molecule has 1 aliphatic carbocycles. The Kier molecular flexibility index (Phi) is 12.4. The highest BCUT2D eigenvalue weighted by Crippen LogP contribution is 2.36. The van der Waals surface area contributed by atoms with Crippen molar-refractivity contribution in [3.8, 4) is 11.3 Å². The van der Waals surface area contributed by atoms with E-state index in [0.717, 1.165) is 32.0 Å². The summed E-state index contributed by atoms with van der Waals surface area (Å²) >= 11 is 1.79. The maximum absolute atomic E-state index is 5.41. The van der Waals surface area contributed by atoms with E-state index in [1.54, 1.807) is 12.1 Å². The number of ether oxygens (including phenoxy) is 1. The fraction of sp³-hybridized carbons (Fsp3) is 0.654. The number of H-pyrrole nitrogens is 1. The van der Waals surface area contributed by atoms with E-state index in [-0.39, 0.29) is 0 Å². The average molecular weight is 461 g/mol. The molecule has 32 heavy (non-hydrogen) atoms. The van der Waals surface area contributed by atoms with E-state index in [4.69, 9.17) is 4.74 Å². The molecule has 6 heteroatoms. The summed E-state index contributed by atoms with van der Waals surface area (Å²) in [6, 6.07) is 9.27. The molecule has 5 nitrogen and oxygen atoms in total. The summed E-state index contributed by atoms with van der Waals surface area (Å²) in [5, 5.41) is 8.00. The van der Waals surface area contributed by atoms with Crippen LogP contribution < -0.4 is 4.72 Å². The molecule has 2 aromatic rings. The molecule has 0 unspecified atom stereocenters. The van der Waals surface area contributed by atoms with Gasteiger partial charge in [0.25, 0.3) is 0 Å². The minimum absolute atomic E-state index is 0.600. The molecule has 1 saturated carbocycles. The first kappa shape index (κ1) is 26.9. The summed E-state index contributed by atoms with van der Waals surface area (Å²) in [6.45, 7) is 16.3. The van der Waals surface area contributed by atoms with E-state index >= 15 is 0 Å². The van der Waals surface area contributed by atoms with E-state index in [0.29, 0.717) is 12.0 Å². The van der Waals surface area contributed by atoms with Gasteiger partial charge in [0.05, 0.1) is 18.9 Å². The molecule has 2 aliphatic rings. The zero-order chi connectivity index (χ0) is 23.3. The number of rotatable bonds is 5. The molecule has 2 fully saturated rings. The van der Waals surface area contributed by atoms with Gasteiger partial charge in [-0.1, -0.05) is 63.9 Å².